The molecule has 0 bridgehead atoms. The minimum atomic E-state index is -1.32. The molecule has 0 radical (unpaired) electrons. The summed E-state index contributed by atoms with van der Waals surface area (Å²) in [6, 6.07) is 4.20. The fraction of sp³-hybridized carbons (Fsp3) is 0. The molecule has 0 unspecified atom stereocenters. The van der Waals surface area contributed by atoms with E-state index in [0.717, 1.165) is 0 Å². The number of hydrogen-bond donors (Lipinski definition) is 1. The van der Waals surface area contributed by atoms with Crippen LogP contribution in [0.25, 0.3) is 0 Å². The Labute approximate surface area is 96.8 Å². The van der Waals surface area contributed by atoms with Crippen LogP contribution in [0.3, 0.4) is 0 Å². The first-order chi connectivity index (χ1) is 5.11. The fourth-order valence-corrected chi connectivity index (χ4v) is 0.894. The Morgan fingerprint density at radius 3 is 2.50 bits per heavy atom. The van der Waals surface area contributed by atoms with E-state index >= 15 is 0 Å². The van der Waals surface area contributed by atoms with E-state index in [1.807, 2.05) is 0 Å². The van der Waals surface area contributed by atoms with Crippen molar-refractivity contribution < 1.29 is 39.5 Å². The number of aromatic carboxylic acids is 1. The van der Waals surface area contributed by atoms with Gasteiger partial charge in [0.15, 0.2) is 0 Å². The van der Waals surface area contributed by atoms with Crippen molar-refractivity contribution in [1.29, 1.82) is 0 Å². The molecule has 3 nitrogen and oxygen atoms in total. The topological polar surface area (TPSA) is 66.2 Å². The van der Waals surface area contributed by atoms with Crippen LogP contribution in [0.4, 0.5) is 5.69 Å². The zero-order chi connectivity index (χ0) is 8.43. The number of halogens is 1. The van der Waals surface area contributed by atoms with Gasteiger partial charge in [-0.1, -0.05) is 11.6 Å². The monoisotopic (exact) mass is 193 g/mol. The summed E-state index contributed by atoms with van der Waals surface area (Å²) in [5.41, 5.74) is 5.59. The van der Waals surface area contributed by atoms with Gasteiger partial charge in [0, 0.05) is 16.3 Å². The summed E-state index contributed by atoms with van der Waals surface area (Å²) >= 11 is 5.51. The average molecular weight is 194 g/mol. The van der Waals surface area contributed by atoms with Crippen LogP contribution < -0.4 is 40.4 Å². The number of carbonyl (C=O) groups excluding carboxylic acids is 1. The van der Waals surface area contributed by atoms with E-state index < -0.39 is 5.97 Å². The first-order valence-electron chi connectivity index (χ1n) is 2.87. The van der Waals surface area contributed by atoms with Gasteiger partial charge in [0.25, 0.3) is 0 Å². The number of nitrogen functional groups attached to an aromatic ring is 1. The molecule has 0 amide bonds. The summed E-state index contributed by atoms with van der Waals surface area (Å²) in [7, 11) is 0. The van der Waals surface area contributed by atoms with Crippen molar-refractivity contribution in [2.75, 3.05) is 5.73 Å². The Bertz CT molecular complexity index is 303. The van der Waals surface area contributed by atoms with E-state index in [0.29, 0.717) is 5.69 Å². The molecule has 1 aromatic carbocycles. The van der Waals surface area contributed by atoms with Gasteiger partial charge in [0.2, 0.25) is 0 Å². The first-order valence-corrected chi connectivity index (χ1v) is 3.25. The molecule has 2 N–H and O–H groups in total. The third kappa shape index (κ3) is 2.68. The van der Waals surface area contributed by atoms with Crippen LogP contribution in [-0.4, -0.2) is 5.97 Å². The molecule has 1 aromatic rings. The quantitative estimate of drug-likeness (QED) is 0.390. The molecule has 0 aromatic heterocycles. The van der Waals surface area contributed by atoms with Gasteiger partial charge in [-0.15, -0.1) is 0 Å². The zero-order valence-electron chi connectivity index (χ0n) is 6.50. The van der Waals surface area contributed by atoms with E-state index in [2.05, 4.69) is 0 Å². The number of hydrogen-bond acceptors (Lipinski definition) is 3. The number of benzene rings is 1. The van der Waals surface area contributed by atoms with Crippen molar-refractivity contribution in [2.24, 2.45) is 0 Å². The molecule has 0 aliphatic carbocycles. The SMILES string of the molecule is Nc1ccc(Cl)c(C(=O)[O-])c1.[Na+]. The molecule has 1 rings (SSSR count). The number of rotatable bonds is 1. The maximum atomic E-state index is 10.3. The van der Waals surface area contributed by atoms with Crippen LogP contribution in [-0.2, 0) is 0 Å². The molecule has 0 fully saturated rings. The maximum absolute atomic E-state index is 10.3. The summed E-state index contributed by atoms with van der Waals surface area (Å²) in [5.74, 6) is -1.32. The van der Waals surface area contributed by atoms with E-state index in [4.69, 9.17) is 17.3 Å². The van der Waals surface area contributed by atoms with Crippen molar-refractivity contribution in [3.8, 4) is 0 Å². The Hall–Kier alpha value is -0.220. The molecule has 5 heteroatoms. The molecule has 0 heterocycles. The predicted molar refractivity (Wildman–Crippen MR) is 40.2 cm³/mol. The van der Waals surface area contributed by atoms with Crippen molar-refractivity contribution in [3.63, 3.8) is 0 Å². The molecule has 0 saturated carbocycles. The van der Waals surface area contributed by atoms with Gasteiger partial charge < -0.3 is 15.6 Å². The molecule has 58 valence electrons. The third-order valence-electron chi connectivity index (χ3n) is 1.21. The molecular formula is C7H5ClNNaO2. The summed E-state index contributed by atoms with van der Waals surface area (Å²) < 4.78 is 0. The third-order valence-corrected chi connectivity index (χ3v) is 1.54. The van der Waals surface area contributed by atoms with E-state index in [1.165, 1.54) is 18.2 Å². The molecule has 12 heavy (non-hydrogen) atoms. The van der Waals surface area contributed by atoms with Gasteiger partial charge >= 0.3 is 29.6 Å². The van der Waals surface area contributed by atoms with Crippen LogP contribution >= 0.6 is 11.6 Å². The van der Waals surface area contributed by atoms with Crippen LogP contribution in [0.1, 0.15) is 10.4 Å². The van der Waals surface area contributed by atoms with Gasteiger partial charge in [-0.05, 0) is 18.2 Å². The molecule has 0 aliphatic heterocycles. The van der Waals surface area contributed by atoms with Gasteiger partial charge in [-0.3, -0.25) is 0 Å². The summed E-state index contributed by atoms with van der Waals surface area (Å²) in [6.07, 6.45) is 0. The van der Waals surface area contributed by atoms with Crippen molar-refractivity contribution in [1.82, 2.24) is 0 Å². The van der Waals surface area contributed by atoms with E-state index in [1.54, 1.807) is 0 Å². The second-order valence-corrected chi connectivity index (χ2v) is 2.43. The minimum Gasteiger partial charge on any atom is -0.545 e. The average Bonchev–Trinajstić information content (AvgIpc) is 1.94. The first kappa shape index (κ1) is 11.8. The predicted octanol–water partition coefficient (Wildman–Crippen LogP) is -2.71. The van der Waals surface area contributed by atoms with Gasteiger partial charge in [-0.25, -0.2) is 0 Å². The van der Waals surface area contributed by atoms with Crippen LogP contribution in [0.2, 0.25) is 5.02 Å². The van der Waals surface area contributed by atoms with E-state index in [9.17, 15) is 9.90 Å². The smallest absolute Gasteiger partial charge is 0.545 e. The number of carboxylic acids is 1. The summed E-state index contributed by atoms with van der Waals surface area (Å²) in [6.45, 7) is 0. The number of carbonyl (C=O) groups is 1. The van der Waals surface area contributed by atoms with Gasteiger partial charge in [0.05, 0.1) is 5.97 Å². The Morgan fingerprint density at radius 1 is 1.50 bits per heavy atom. The van der Waals surface area contributed by atoms with E-state index in [-0.39, 0.29) is 40.1 Å². The molecule has 0 atom stereocenters. The molecule has 0 aliphatic rings. The zero-order valence-corrected chi connectivity index (χ0v) is 9.26. The number of carboxylic acid groups (broad SMARTS) is 1. The van der Waals surface area contributed by atoms with Gasteiger partial charge in [0.1, 0.15) is 0 Å². The Kier molecular flexibility index (Phi) is 4.63. The van der Waals surface area contributed by atoms with Crippen LogP contribution in [0.5, 0.6) is 0 Å². The molecule has 0 spiro atoms. The number of nitrogens with two attached hydrogens (primary N) is 1. The largest absolute Gasteiger partial charge is 1.00 e. The maximum Gasteiger partial charge on any atom is 1.00 e. The van der Waals surface area contributed by atoms with Crippen molar-refractivity contribution in [3.05, 3.63) is 28.8 Å². The minimum absolute atomic E-state index is 0. The van der Waals surface area contributed by atoms with Crippen LogP contribution in [0, 0.1) is 0 Å². The normalized spacial score (nSPS) is 8.75. The number of anilines is 1. The summed E-state index contributed by atoms with van der Waals surface area (Å²) in [5, 5.41) is 10.5. The Balaban J connectivity index is 0.00000121. The Morgan fingerprint density at radius 2 is 2.08 bits per heavy atom. The fourth-order valence-electron chi connectivity index (χ4n) is 0.699. The summed E-state index contributed by atoms with van der Waals surface area (Å²) in [4.78, 5) is 10.3. The van der Waals surface area contributed by atoms with Crippen molar-refractivity contribution >= 4 is 23.3 Å². The standard InChI is InChI=1S/C7H6ClNO2.Na/c8-6-2-1-4(9)3-5(6)7(10)11;/h1-3H,9H2,(H,10,11);/q;+1/p-1. The molecular weight excluding hydrogens is 189 g/mol. The van der Waals surface area contributed by atoms with Gasteiger partial charge in [-0.2, -0.15) is 0 Å². The van der Waals surface area contributed by atoms with Crippen LogP contribution in [0.15, 0.2) is 18.2 Å². The molecule has 0 saturated heterocycles. The second kappa shape index (κ2) is 4.72. The second-order valence-electron chi connectivity index (χ2n) is 2.03. The van der Waals surface area contributed by atoms with Crippen molar-refractivity contribution in [2.45, 2.75) is 0 Å².